The summed E-state index contributed by atoms with van der Waals surface area (Å²) in [6, 6.07) is 5.94. The van der Waals surface area contributed by atoms with Gasteiger partial charge in [0.25, 0.3) is 0 Å². The van der Waals surface area contributed by atoms with Gasteiger partial charge in [-0.2, -0.15) is 5.10 Å². The molecule has 0 aliphatic heterocycles. The fourth-order valence-corrected chi connectivity index (χ4v) is 1.94. The average molecular weight is 301 g/mol. The predicted octanol–water partition coefficient (Wildman–Crippen LogP) is 1.68. The van der Waals surface area contributed by atoms with Crippen molar-refractivity contribution in [1.29, 1.82) is 0 Å². The first-order valence-corrected chi connectivity index (χ1v) is 5.76. The average Bonchev–Trinajstić information content (AvgIpc) is 2.16. The Hall–Kier alpha value is -1.14. The summed E-state index contributed by atoms with van der Waals surface area (Å²) in [7, 11) is 3.98. The zero-order valence-corrected chi connectivity index (χ0v) is 11.5. The van der Waals surface area contributed by atoms with Crippen molar-refractivity contribution in [1.82, 2.24) is 5.43 Å². The van der Waals surface area contributed by atoms with Crippen molar-refractivity contribution >= 4 is 45.2 Å². The number of rotatable bonds is 3. The first-order valence-electron chi connectivity index (χ1n) is 4.56. The molecule has 0 saturated heterocycles. The van der Waals surface area contributed by atoms with Gasteiger partial charge in [-0.15, -0.1) is 0 Å². The minimum atomic E-state index is 0.153. The van der Waals surface area contributed by atoms with Crippen molar-refractivity contribution in [3.05, 3.63) is 28.2 Å². The third-order valence-electron chi connectivity index (χ3n) is 1.84. The third-order valence-corrected chi connectivity index (χ3v) is 2.57. The summed E-state index contributed by atoms with van der Waals surface area (Å²) >= 11 is 8.12. The Morgan fingerprint density at radius 1 is 1.56 bits per heavy atom. The van der Waals surface area contributed by atoms with Gasteiger partial charge in [-0.1, -0.05) is 6.07 Å². The SMILES string of the molecule is CN(C)c1ccc(/C=N/NC(N)=S)cc1Br. The van der Waals surface area contributed by atoms with Crippen molar-refractivity contribution in [3.8, 4) is 0 Å². The highest BCUT2D eigenvalue weighted by molar-refractivity contribution is 9.10. The van der Waals surface area contributed by atoms with E-state index in [0.29, 0.717) is 0 Å². The molecule has 0 atom stereocenters. The summed E-state index contributed by atoms with van der Waals surface area (Å²) in [4.78, 5) is 2.03. The Bertz CT molecular complexity index is 417. The van der Waals surface area contributed by atoms with Crippen molar-refractivity contribution in [2.45, 2.75) is 0 Å². The van der Waals surface area contributed by atoms with Crippen LogP contribution in [0.2, 0.25) is 0 Å². The number of nitrogens with zero attached hydrogens (tertiary/aromatic N) is 2. The van der Waals surface area contributed by atoms with Crippen LogP contribution in [0.25, 0.3) is 0 Å². The van der Waals surface area contributed by atoms with Crippen LogP contribution in [0.1, 0.15) is 5.56 Å². The minimum absolute atomic E-state index is 0.153. The second kappa shape index (κ2) is 5.81. The maximum Gasteiger partial charge on any atom is 0.184 e. The molecule has 0 spiro atoms. The molecule has 6 heteroatoms. The van der Waals surface area contributed by atoms with Gasteiger partial charge in [-0.05, 0) is 45.8 Å². The van der Waals surface area contributed by atoms with Crippen LogP contribution in [-0.2, 0) is 0 Å². The molecule has 0 saturated carbocycles. The second-order valence-electron chi connectivity index (χ2n) is 3.34. The third kappa shape index (κ3) is 3.79. The van der Waals surface area contributed by atoms with Gasteiger partial charge in [-0.25, -0.2) is 0 Å². The molecule has 1 aromatic rings. The number of hydrazone groups is 1. The summed E-state index contributed by atoms with van der Waals surface area (Å²) < 4.78 is 1.01. The molecular formula is C10H13BrN4S. The molecule has 0 aliphatic rings. The van der Waals surface area contributed by atoms with Gasteiger partial charge < -0.3 is 10.6 Å². The van der Waals surface area contributed by atoms with Crippen LogP contribution < -0.4 is 16.1 Å². The zero-order valence-electron chi connectivity index (χ0n) is 9.07. The summed E-state index contributed by atoms with van der Waals surface area (Å²) in [6.07, 6.45) is 1.66. The molecule has 0 unspecified atom stereocenters. The molecular weight excluding hydrogens is 288 g/mol. The van der Waals surface area contributed by atoms with E-state index in [2.05, 4.69) is 38.7 Å². The quantitative estimate of drug-likeness (QED) is 0.507. The molecule has 0 bridgehead atoms. The number of hydrogen-bond acceptors (Lipinski definition) is 3. The smallest absolute Gasteiger partial charge is 0.184 e. The van der Waals surface area contributed by atoms with Gasteiger partial charge in [0, 0.05) is 18.6 Å². The maximum atomic E-state index is 5.24. The van der Waals surface area contributed by atoms with E-state index < -0.39 is 0 Å². The van der Waals surface area contributed by atoms with Gasteiger partial charge in [0.2, 0.25) is 0 Å². The summed E-state index contributed by atoms with van der Waals surface area (Å²) in [5.74, 6) is 0. The molecule has 86 valence electrons. The summed E-state index contributed by atoms with van der Waals surface area (Å²) in [5, 5.41) is 4.03. The Morgan fingerprint density at radius 3 is 2.75 bits per heavy atom. The van der Waals surface area contributed by atoms with Crippen LogP contribution in [0.5, 0.6) is 0 Å². The standard InChI is InChI=1S/C10H13BrN4S/c1-15(2)9-4-3-7(5-8(9)11)6-13-14-10(12)16/h3-6H,1-2H3,(H3,12,14,16)/b13-6+. The highest BCUT2D eigenvalue weighted by Gasteiger charge is 2.01. The van der Waals surface area contributed by atoms with Gasteiger partial charge in [0.05, 0.1) is 11.9 Å². The largest absolute Gasteiger partial charge is 0.377 e. The summed E-state index contributed by atoms with van der Waals surface area (Å²) in [6.45, 7) is 0. The first kappa shape index (κ1) is 12.9. The van der Waals surface area contributed by atoms with Gasteiger partial charge >= 0.3 is 0 Å². The monoisotopic (exact) mass is 300 g/mol. The Labute approximate surface area is 109 Å². The van der Waals surface area contributed by atoms with E-state index in [0.717, 1.165) is 15.7 Å². The zero-order chi connectivity index (χ0) is 12.1. The van der Waals surface area contributed by atoms with Gasteiger partial charge in [0.15, 0.2) is 5.11 Å². The molecule has 16 heavy (non-hydrogen) atoms. The molecule has 0 radical (unpaired) electrons. The van der Waals surface area contributed by atoms with Crippen LogP contribution in [0.3, 0.4) is 0 Å². The van der Waals surface area contributed by atoms with Crippen molar-refractivity contribution < 1.29 is 0 Å². The Balaban J connectivity index is 2.81. The van der Waals surface area contributed by atoms with E-state index in [1.165, 1.54) is 0 Å². The van der Waals surface area contributed by atoms with E-state index in [1.807, 2.05) is 37.2 Å². The van der Waals surface area contributed by atoms with Crippen molar-refractivity contribution in [2.75, 3.05) is 19.0 Å². The first-order chi connectivity index (χ1) is 7.50. The molecule has 4 nitrogen and oxygen atoms in total. The van der Waals surface area contributed by atoms with Crippen LogP contribution >= 0.6 is 28.1 Å². The maximum absolute atomic E-state index is 5.24. The van der Waals surface area contributed by atoms with E-state index in [9.17, 15) is 0 Å². The van der Waals surface area contributed by atoms with Gasteiger partial charge in [0.1, 0.15) is 0 Å². The molecule has 0 fully saturated rings. The number of thiocarbonyl (C=S) groups is 1. The number of halogens is 1. The lowest BCUT2D eigenvalue weighted by Crippen LogP contribution is -2.23. The fourth-order valence-electron chi connectivity index (χ4n) is 1.14. The lowest BCUT2D eigenvalue weighted by Gasteiger charge is -2.14. The lowest BCUT2D eigenvalue weighted by molar-refractivity contribution is 1.04. The number of benzene rings is 1. The molecule has 3 N–H and O–H groups in total. The van der Waals surface area contributed by atoms with Crippen LogP contribution in [0.4, 0.5) is 5.69 Å². The molecule has 0 heterocycles. The van der Waals surface area contributed by atoms with Crippen LogP contribution in [0, 0.1) is 0 Å². The predicted molar refractivity (Wildman–Crippen MR) is 76.0 cm³/mol. The number of hydrogen-bond donors (Lipinski definition) is 2. The van der Waals surface area contributed by atoms with Gasteiger partial charge in [-0.3, -0.25) is 5.43 Å². The van der Waals surface area contributed by atoms with Crippen molar-refractivity contribution in [2.24, 2.45) is 10.8 Å². The van der Waals surface area contributed by atoms with Crippen LogP contribution in [0.15, 0.2) is 27.8 Å². The minimum Gasteiger partial charge on any atom is -0.377 e. The normalized spacial score (nSPS) is 10.4. The molecule has 0 amide bonds. The summed E-state index contributed by atoms with van der Waals surface area (Å²) in [5.41, 5.74) is 9.81. The highest BCUT2D eigenvalue weighted by atomic mass is 79.9. The Morgan fingerprint density at radius 2 is 2.25 bits per heavy atom. The molecule has 0 aromatic heterocycles. The molecule has 1 aromatic carbocycles. The number of nitrogens with two attached hydrogens (primary N) is 1. The molecule has 1 rings (SSSR count). The van der Waals surface area contributed by atoms with Crippen molar-refractivity contribution in [3.63, 3.8) is 0 Å². The highest BCUT2D eigenvalue weighted by Crippen LogP contribution is 2.25. The number of nitrogens with one attached hydrogen (secondary N) is 1. The molecule has 0 aliphatic carbocycles. The number of anilines is 1. The Kier molecular flexibility index (Phi) is 4.70. The van der Waals surface area contributed by atoms with E-state index in [4.69, 9.17) is 5.73 Å². The second-order valence-corrected chi connectivity index (χ2v) is 4.63. The fraction of sp³-hybridized carbons (Fsp3) is 0.200. The lowest BCUT2D eigenvalue weighted by atomic mass is 10.2. The van der Waals surface area contributed by atoms with E-state index in [1.54, 1.807) is 6.21 Å². The van der Waals surface area contributed by atoms with E-state index >= 15 is 0 Å². The topological polar surface area (TPSA) is 53.6 Å². The van der Waals surface area contributed by atoms with Crippen LogP contribution in [-0.4, -0.2) is 25.4 Å². The van der Waals surface area contributed by atoms with E-state index in [-0.39, 0.29) is 5.11 Å².